The van der Waals surface area contributed by atoms with E-state index in [0.29, 0.717) is 0 Å². The number of ether oxygens (including phenoxy) is 1. The molecule has 2 aromatic heterocycles. The van der Waals surface area contributed by atoms with Crippen LogP contribution in [0.3, 0.4) is 0 Å². The lowest BCUT2D eigenvalue weighted by molar-refractivity contribution is 0.414. The fourth-order valence-corrected chi connectivity index (χ4v) is 2.09. The number of nitrogens with zero attached hydrogens (tertiary/aromatic N) is 2. The lowest BCUT2D eigenvalue weighted by Crippen LogP contribution is -1.89. The highest BCUT2D eigenvalue weighted by molar-refractivity contribution is 5.58. The predicted molar refractivity (Wildman–Crippen MR) is 77.6 cm³/mol. The van der Waals surface area contributed by atoms with E-state index in [-0.39, 0.29) is 0 Å². The molecule has 0 spiro atoms. The van der Waals surface area contributed by atoms with Crippen molar-refractivity contribution in [2.45, 2.75) is 6.42 Å². The Bertz CT molecular complexity index is 674. The standard InChI is InChI=1S/C16H15N3O/c1-20-15-4-2-12(3-5-15)10-14-11-16(19-18-14)13-6-8-17-9-7-13/h2-9,11H,10H2,1H3,(H,18,19). The van der Waals surface area contributed by atoms with Crippen molar-refractivity contribution in [3.8, 4) is 17.0 Å². The van der Waals surface area contributed by atoms with E-state index in [0.717, 1.165) is 29.1 Å². The second-order valence-corrected chi connectivity index (χ2v) is 4.54. The number of H-pyrrole nitrogens is 1. The normalized spacial score (nSPS) is 10.4. The van der Waals surface area contributed by atoms with Gasteiger partial charge >= 0.3 is 0 Å². The molecule has 3 aromatic rings. The Morgan fingerprint density at radius 3 is 2.50 bits per heavy atom. The molecule has 0 radical (unpaired) electrons. The van der Waals surface area contributed by atoms with Gasteiger partial charge in [0.1, 0.15) is 5.75 Å². The Labute approximate surface area is 117 Å². The summed E-state index contributed by atoms with van der Waals surface area (Å²) in [7, 11) is 1.67. The summed E-state index contributed by atoms with van der Waals surface area (Å²) in [5.41, 5.74) is 4.31. The van der Waals surface area contributed by atoms with E-state index in [4.69, 9.17) is 4.74 Å². The van der Waals surface area contributed by atoms with Gasteiger partial charge in [0.25, 0.3) is 0 Å². The van der Waals surface area contributed by atoms with Gasteiger partial charge in [0, 0.05) is 30.1 Å². The van der Waals surface area contributed by atoms with Crippen LogP contribution in [0.15, 0.2) is 54.9 Å². The molecule has 1 aromatic carbocycles. The molecule has 0 saturated heterocycles. The van der Waals surface area contributed by atoms with Crippen molar-refractivity contribution in [2.24, 2.45) is 0 Å². The molecule has 100 valence electrons. The van der Waals surface area contributed by atoms with Crippen molar-refractivity contribution >= 4 is 0 Å². The molecule has 3 rings (SSSR count). The van der Waals surface area contributed by atoms with Gasteiger partial charge in [-0.25, -0.2) is 0 Å². The molecule has 1 N–H and O–H groups in total. The molecule has 0 unspecified atom stereocenters. The van der Waals surface area contributed by atoms with Crippen LogP contribution in [-0.4, -0.2) is 22.3 Å². The molecule has 0 fully saturated rings. The number of rotatable bonds is 4. The van der Waals surface area contributed by atoms with Gasteiger partial charge < -0.3 is 4.74 Å². The van der Waals surface area contributed by atoms with Crippen LogP contribution in [0.1, 0.15) is 11.3 Å². The minimum Gasteiger partial charge on any atom is -0.497 e. The Hall–Kier alpha value is -2.62. The Morgan fingerprint density at radius 1 is 1.05 bits per heavy atom. The second-order valence-electron chi connectivity index (χ2n) is 4.54. The summed E-state index contributed by atoms with van der Waals surface area (Å²) < 4.78 is 5.16. The average molecular weight is 265 g/mol. The lowest BCUT2D eigenvalue weighted by atomic mass is 10.1. The third-order valence-electron chi connectivity index (χ3n) is 3.16. The number of aromatic amines is 1. The Balaban J connectivity index is 1.77. The molecule has 0 amide bonds. The predicted octanol–water partition coefficient (Wildman–Crippen LogP) is 3.07. The van der Waals surface area contributed by atoms with E-state index >= 15 is 0 Å². The molecule has 4 heteroatoms. The van der Waals surface area contributed by atoms with Crippen LogP contribution in [0.5, 0.6) is 5.75 Å². The van der Waals surface area contributed by atoms with Gasteiger partial charge in [-0.15, -0.1) is 0 Å². The number of hydrogen-bond acceptors (Lipinski definition) is 3. The Kier molecular flexibility index (Phi) is 3.46. The molecular weight excluding hydrogens is 250 g/mol. The third kappa shape index (κ3) is 2.69. The summed E-state index contributed by atoms with van der Waals surface area (Å²) in [5.74, 6) is 0.871. The topological polar surface area (TPSA) is 50.8 Å². The zero-order valence-electron chi connectivity index (χ0n) is 11.2. The summed E-state index contributed by atoms with van der Waals surface area (Å²) in [6, 6.07) is 14.0. The molecule has 20 heavy (non-hydrogen) atoms. The van der Waals surface area contributed by atoms with Crippen molar-refractivity contribution < 1.29 is 4.74 Å². The summed E-state index contributed by atoms with van der Waals surface area (Å²) in [6.07, 6.45) is 4.36. The van der Waals surface area contributed by atoms with Gasteiger partial charge in [-0.2, -0.15) is 5.10 Å². The first-order valence-corrected chi connectivity index (χ1v) is 6.43. The molecule has 0 bridgehead atoms. The van der Waals surface area contributed by atoms with Gasteiger partial charge in [-0.05, 0) is 35.9 Å². The van der Waals surface area contributed by atoms with E-state index in [2.05, 4.69) is 33.4 Å². The van der Waals surface area contributed by atoms with Crippen LogP contribution >= 0.6 is 0 Å². The molecular formula is C16H15N3O. The summed E-state index contributed by atoms with van der Waals surface area (Å²) in [5, 5.41) is 7.42. The second kappa shape index (κ2) is 5.57. The van der Waals surface area contributed by atoms with Crippen LogP contribution in [0, 0.1) is 0 Å². The molecule has 0 aliphatic heterocycles. The van der Waals surface area contributed by atoms with Crippen molar-refractivity contribution in [3.05, 3.63) is 66.1 Å². The van der Waals surface area contributed by atoms with Crippen molar-refractivity contribution in [1.82, 2.24) is 15.2 Å². The summed E-state index contributed by atoms with van der Waals surface area (Å²) in [4.78, 5) is 4.01. The number of benzene rings is 1. The van der Waals surface area contributed by atoms with E-state index in [1.807, 2.05) is 24.3 Å². The maximum atomic E-state index is 5.16. The minimum absolute atomic E-state index is 0.822. The van der Waals surface area contributed by atoms with Crippen LogP contribution in [0.2, 0.25) is 0 Å². The van der Waals surface area contributed by atoms with Crippen LogP contribution < -0.4 is 4.74 Å². The molecule has 2 heterocycles. The largest absolute Gasteiger partial charge is 0.497 e. The first-order valence-electron chi connectivity index (χ1n) is 6.43. The average Bonchev–Trinajstić information content (AvgIpc) is 2.97. The highest BCUT2D eigenvalue weighted by Gasteiger charge is 2.04. The smallest absolute Gasteiger partial charge is 0.118 e. The SMILES string of the molecule is COc1ccc(Cc2cc(-c3ccncc3)n[nH]2)cc1. The highest BCUT2D eigenvalue weighted by atomic mass is 16.5. The Morgan fingerprint density at radius 2 is 1.80 bits per heavy atom. The summed E-state index contributed by atoms with van der Waals surface area (Å²) in [6.45, 7) is 0. The number of methoxy groups -OCH3 is 1. The zero-order chi connectivity index (χ0) is 13.8. The zero-order valence-corrected chi connectivity index (χ0v) is 11.2. The van der Waals surface area contributed by atoms with Crippen LogP contribution in [0.4, 0.5) is 0 Å². The molecule has 0 saturated carbocycles. The molecule has 4 nitrogen and oxygen atoms in total. The maximum Gasteiger partial charge on any atom is 0.118 e. The van der Waals surface area contributed by atoms with Gasteiger partial charge in [-0.1, -0.05) is 12.1 Å². The first kappa shape index (κ1) is 12.4. The van der Waals surface area contributed by atoms with Gasteiger partial charge in [0.05, 0.1) is 12.8 Å². The van der Waals surface area contributed by atoms with E-state index in [1.165, 1.54) is 5.56 Å². The van der Waals surface area contributed by atoms with Crippen molar-refractivity contribution in [3.63, 3.8) is 0 Å². The minimum atomic E-state index is 0.822. The number of aromatic nitrogens is 3. The van der Waals surface area contributed by atoms with E-state index in [1.54, 1.807) is 19.5 Å². The monoisotopic (exact) mass is 265 g/mol. The molecule has 0 aliphatic rings. The fourth-order valence-electron chi connectivity index (χ4n) is 2.09. The lowest BCUT2D eigenvalue weighted by Gasteiger charge is -2.01. The van der Waals surface area contributed by atoms with Crippen LogP contribution in [-0.2, 0) is 6.42 Å². The quantitative estimate of drug-likeness (QED) is 0.788. The molecule has 0 aliphatic carbocycles. The van der Waals surface area contributed by atoms with Gasteiger partial charge in [0.2, 0.25) is 0 Å². The van der Waals surface area contributed by atoms with Crippen molar-refractivity contribution in [1.29, 1.82) is 0 Å². The fraction of sp³-hybridized carbons (Fsp3) is 0.125. The van der Waals surface area contributed by atoms with Crippen LogP contribution in [0.25, 0.3) is 11.3 Å². The highest BCUT2D eigenvalue weighted by Crippen LogP contribution is 2.19. The third-order valence-corrected chi connectivity index (χ3v) is 3.16. The first-order chi connectivity index (χ1) is 9.85. The maximum absolute atomic E-state index is 5.16. The number of hydrogen-bond donors (Lipinski definition) is 1. The molecule has 0 atom stereocenters. The number of pyridine rings is 1. The summed E-state index contributed by atoms with van der Waals surface area (Å²) >= 11 is 0. The van der Waals surface area contributed by atoms with Gasteiger partial charge in [-0.3, -0.25) is 10.1 Å². The van der Waals surface area contributed by atoms with E-state index < -0.39 is 0 Å². The van der Waals surface area contributed by atoms with Gasteiger partial charge in [0.15, 0.2) is 0 Å². The van der Waals surface area contributed by atoms with Crippen molar-refractivity contribution in [2.75, 3.05) is 7.11 Å². The number of nitrogens with one attached hydrogen (secondary N) is 1. The van der Waals surface area contributed by atoms with E-state index in [9.17, 15) is 0 Å².